The molecule has 2 nitrogen and oxygen atoms in total. The number of aryl methyl sites for hydroxylation is 1. The van der Waals surface area contributed by atoms with E-state index < -0.39 is 0 Å². The van der Waals surface area contributed by atoms with Crippen LogP contribution in [0.4, 0.5) is 5.82 Å². The van der Waals surface area contributed by atoms with Crippen LogP contribution in [0.25, 0.3) is 0 Å². The van der Waals surface area contributed by atoms with Gasteiger partial charge in [-0.25, -0.2) is 4.98 Å². The molecule has 0 bridgehead atoms. The molecule has 1 heterocycles. The zero-order valence-corrected chi connectivity index (χ0v) is 12.2. The minimum Gasteiger partial charge on any atom is -0.369 e. The van der Waals surface area contributed by atoms with Gasteiger partial charge in [0.1, 0.15) is 5.82 Å². The van der Waals surface area contributed by atoms with E-state index in [9.17, 15) is 0 Å². The smallest absolute Gasteiger partial charge is 0.126 e. The molecule has 18 heavy (non-hydrogen) atoms. The van der Waals surface area contributed by atoms with Crippen LogP contribution >= 0.6 is 15.9 Å². The van der Waals surface area contributed by atoms with Crippen LogP contribution < -0.4 is 5.32 Å². The Kier molecular flexibility index (Phi) is 4.37. The second kappa shape index (κ2) is 6.01. The molecule has 1 aromatic heterocycles. The lowest BCUT2D eigenvalue weighted by Crippen LogP contribution is -2.10. The summed E-state index contributed by atoms with van der Waals surface area (Å²) in [6, 6.07) is 12.6. The molecule has 0 radical (unpaired) electrons. The van der Waals surface area contributed by atoms with E-state index in [1.54, 1.807) is 0 Å². The number of hydrogen-bond donors (Lipinski definition) is 1. The Labute approximate surface area is 117 Å². The van der Waals surface area contributed by atoms with Gasteiger partial charge in [0, 0.05) is 17.2 Å². The zero-order chi connectivity index (χ0) is 13.0. The molecule has 0 saturated heterocycles. The van der Waals surface area contributed by atoms with Gasteiger partial charge in [-0.2, -0.15) is 0 Å². The van der Waals surface area contributed by atoms with Crippen LogP contribution in [0, 0.1) is 6.92 Å². The van der Waals surface area contributed by atoms with Crippen molar-refractivity contribution in [2.45, 2.75) is 19.8 Å². The molecular weight excluding hydrogens is 288 g/mol. The lowest BCUT2D eigenvalue weighted by atomic mass is 10.0. The van der Waals surface area contributed by atoms with E-state index in [0.717, 1.165) is 16.8 Å². The summed E-state index contributed by atoms with van der Waals surface area (Å²) < 4.78 is 1.05. The molecule has 0 aliphatic rings. The highest BCUT2D eigenvalue weighted by atomic mass is 79.9. The van der Waals surface area contributed by atoms with Crippen molar-refractivity contribution in [3.63, 3.8) is 0 Å². The lowest BCUT2D eigenvalue weighted by Gasteiger charge is -2.13. The van der Waals surface area contributed by atoms with E-state index in [4.69, 9.17) is 0 Å². The summed E-state index contributed by atoms with van der Waals surface area (Å²) in [6.45, 7) is 5.17. The van der Waals surface area contributed by atoms with Gasteiger partial charge >= 0.3 is 0 Å². The second-order valence-electron chi connectivity index (χ2n) is 4.51. The quantitative estimate of drug-likeness (QED) is 0.907. The van der Waals surface area contributed by atoms with Crippen molar-refractivity contribution in [1.82, 2.24) is 4.98 Å². The fraction of sp³-hybridized carbons (Fsp3) is 0.267. The van der Waals surface area contributed by atoms with Crippen molar-refractivity contribution >= 4 is 21.7 Å². The third-order valence-corrected chi connectivity index (χ3v) is 3.84. The van der Waals surface area contributed by atoms with E-state index in [1.807, 2.05) is 12.3 Å². The molecule has 0 spiro atoms. The first-order chi connectivity index (χ1) is 8.66. The summed E-state index contributed by atoms with van der Waals surface area (Å²) in [7, 11) is 0. The van der Waals surface area contributed by atoms with Gasteiger partial charge < -0.3 is 5.32 Å². The minimum absolute atomic E-state index is 0.469. The fourth-order valence-electron chi connectivity index (χ4n) is 1.79. The minimum atomic E-state index is 0.469. The van der Waals surface area contributed by atoms with Gasteiger partial charge in [0.05, 0.1) is 0 Å². The van der Waals surface area contributed by atoms with Crippen molar-refractivity contribution < 1.29 is 0 Å². The third-order valence-electron chi connectivity index (χ3n) is 3.00. The predicted molar refractivity (Wildman–Crippen MR) is 80.0 cm³/mol. The molecule has 2 rings (SSSR count). The third kappa shape index (κ3) is 3.33. The molecule has 0 aliphatic heterocycles. The highest BCUT2D eigenvalue weighted by Gasteiger charge is 2.05. The Bertz CT molecular complexity index is 511. The average molecular weight is 305 g/mol. The molecule has 0 saturated carbocycles. The molecule has 2 aromatic rings. The highest BCUT2D eigenvalue weighted by Crippen LogP contribution is 2.19. The number of halogens is 1. The molecule has 0 aliphatic carbocycles. The van der Waals surface area contributed by atoms with Crippen molar-refractivity contribution in [2.24, 2.45) is 0 Å². The average Bonchev–Trinajstić information content (AvgIpc) is 2.41. The molecule has 94 valence electrons. The van der Waals surface area contributed by atoms with Gasteiger partial charge in [0.25, 0.3) is 0 Å². The summed E-state index contributed by atoms with van der Waals surface area (Å²) >= 11 is 3.46. The van der Waals surface area contributed by atoms with Gasteiger partial charge in [-0.1, -0.05) is 37.3 Å². The summed E-state index contributed by atoms with van der Waals surface area (Å²) in [4.78, 5) is 4.35. The van der Waals surface area contributed by atoms with Crippen LogP contribution in [0.15, 0.2) is 47.1 Å². The summed E-state index contributed by atoms with van der Waals surface area (Å²) in [5.41, 5.74) is 2.54. The number of anilines is 1. The Hall–Kier alpha value is -1.35. The summed E-state index contributed by atoms with van der Waals surface area (Å²) in [5, 5.41) is 3.38. The first-order valence-electron chi connectivity index (χ1n) is 6.08. The summed E-state index contributed by atoms with van der Waals surface area (Å²) in [6.07, 6.45) is 1.84. The van der Waals surface area contributed by atoms with E-state index in [1.165, 1.54) is 11.1 Å². The maximum absolute atomic E-state index is 4.35. The largest absolute Gasteiger partial charge is 0.369 e. The van der Waals surface area contributed by atoms with Crippen molar-refractivity contribution in [1.29, 1.82) is 0 Å². The van der Waals surface area contributed by atoms with Gasteiger partial charge in [-0.05, 0) is 46.0 Å². The van der Waals surface area contributed by atoms with Crippen LogP contribution in [0.2, 0.25) is 0 Å². The maximum atomic E-state index is 4.35. The number of aromatic nitrogens is 1. The van der Waals surface area contributed by atoms with Gasteiger partial charge in [0.15, 0.2) is 0 Å². The Morgan fingerprint density at radius 2 is 2.00 bits per heavy atom. The standard InChI is InChI=1S/C15H17BrN2/c1-11-8-15(18-10-14(11)16)17-9-12(2)13-6-4-3-5-7-13/h3-8,10,12H,9H2,1-2H3,(H,17,18). The monoisotopic (exact) mass is 304 g/mol. The number of rotatable bonds is 4. The number of pyridine rings is 1. The Morgan fingerprint density at radius 3 is 2.67 bits per heavy atom. The topological polar surface area (TPSA) is 24.9 Å². The molecular formula is C15H17BrN2. The number of nitrogens with one attached hydrogen (secondary N) is 1. The van der Waals surface area contributed by atoms with Crippen LogP contribution in [0.5, 0.6) is 0 Å². The Balaban J connectivity index is 1.97. The number of benzene rings is 1. The second-order valence-corrected chi connectivity index (χ2v) is 5.37. The van der Waals surface area contributed by atoms with Crippen LogP contribution in [0.1, 0.15) is 24.0 Å². The van der Waals surface area contributed by atoms with Crippen molar-refractivity contribution in [3.8, 4) is 0 Å². The van der Waals surface area contributed by atoms with Crippen molar-refractivity contribution in [2.75, 3.05) is 11.9 Å². The molecule has 1 aromatic carbocycles. The molecule has 0 amide bonds. The normalized spacial score (nSPS) is 12.2. The molecule has 1 N–H and O–H groups in total. The van der Waals surface area contributed by atoms with E-state index in [-0.39, 0.29) is 0 Å². The molecule has 3 heteroatoms. The highest BCUT2D eigenvalue weighted by molar-refractivity contribution is 9.10. The molecule has 1 unspecified atom stereocenters. The maximum Gasteiger partial charge on any atom is 0.126 e. The Morgan fingerprint density at radius 1 is 1.28 bits per heavy atom. The SMILES string of the molecule is Cc1cc(NCC(C)c2ccccc2)ncc1Br. The zero-order valence-electron chi connectivity index (χ0n) is 10.7. The fourth-order valence-corrected chi connectivity index (χ4v) is 2.01. The van der Waals surface area contributed by atoms with Gasteiger partial charge in [0.2, 0.25) is 0 Å². The molecule has 1 atom stereocenters. The van der Waals surface area contributed by atoms with Crippen molar-refractivity contribution in [3.05, 3.63) is 58.2 Å². The predicted octanol–water partition coefficient (Wildman–Crippen LogP) is 4.37. The van der Waals surface area contributed by atoms with E-state index >= 15 is 0 Å². The lowest BCUT2D eigenvalue weighted by molar-refractivity contribution is 0.801. The number of hydrogen-bond acceptors (Lipinski definition) is 2. The van der Waals surface area contributed by atoms with Crippen LogP contribution in [0.3, 0.4) is 0 Å². The van der Waals surface area contributed by atoms with Gasteiger partial charge in [-0.3, -0.25) is 0 Å². The first kappa shape index (κ1) is 13.1. The number of nitrogens with zero attached hydrogens (tertiary/aromatic N) is 1. The van der Waals surface area contributed by atoms with Crippen LogP contribution in [-0.4, -0.2) is 11.5 Å². The van der Waals surface area contributed by atoms with E-state index in [2.05, 4.69) is 70.4 Å². The first-order valence-corrected chi connectivity index (χ1v) is 6.87. The van der Waals surface area contributed by atoms with E-state index in [0.29, 0.717) is 5.92 Å². The van der Waals surface area contributed by atoms with Gasteiger partial charge in [-0.15, -0.1) is 0 Å². The molecule has 0 fully saturated rings. The van der Waals surface area contributed by atoms with Crippen LogP contribution in [-0.2, 0) is 0 Å². The summed E-state index contributed by atoms with van der Waals surface area (Å²) in [5.74, 6) is 1.40.